The molecular formula is C14H14F2N2O4S. The average molecular weight is 344 g/mol. The van der Waals surface area contributed by atoms with Crippen LogP contribution in [0.1, 0.15) is 0 Å². The molecule has 0 aliphatic rings. The van der Waals surface area contributed by atoms with Gasteiger partial charge in [-0.15, -0.1) is 0 Å². The Morgan fingerprint density at radius 3 is 2.61 bits per heavy atom. The van der Waals surface area contributed by atoms with Crippen LogP contribution in [0.2, 0.25) is 0 Å². The summed E-state index contributed by atoms with van der Waals surface area (Å²) in [7, 11) is -2.74. The lowest BCUT2D eigenvalue weighted by molar-refractivity contribution is 0.144. The number of sulfonamides is 1. The quantitative estimate of drug-likeness (QED) is 0.779. The van der Waals surface area contributed by atoms with Crippen LogP contribution in [0.5, 0.6) is 5.88 Å². The van der Waals surface area contributed by atoms with E-state index in [1.54, 1.807) is 0 Å². The molecule has 0 unspecified atom stereocenters. The van der Waals surface area contributed by atoms with Crippen molar-refractivity contribution < 1.29 is 26.7 Å². The van der Waals surface area contributed by atoms with Crippen LogP contribution < -0.4 is 9.46 Å². The van der Waals surface area contributed by atoms with E-state index in [0.29, 0.717) is 13.2 Å². The standard InChI is InChI=1S/C14H14F2N2O4S/c1-21-7-8-22-13-6-5-10(9-17-13)18-23(19,20)12-4-2-3-11(15)14(12)16/h2-6,9,18H,7-8H2,1H3. The highest BCUT2D eigenvalue weighted by Gasteiger charge is 2.21. The Hall–Kier alpha value is -2.26. The van der Waals surface area contributed by atoms with E-state index in [2.05, 4.69) is 9.71 Å². The number of halogens is 2. The van der Waals surface area contributed by atoms with Crippen LogP contribution in [0.15, 0.2) is 41.4 Å². The van der Waals surface area contributed by atoms with Crippen LogP contribution in [-0.2, 0) is 14.8 Å². The summed E-state index contributed by atoms with van der Waals surface area (Å²) in [5.41, 5.74) is 0.0905. The largest absolute Gasteiger partial charge is 0.475 e. The van der Waals surface area contributed by atoms with Gasteiger partial charge in [-0.25, -0.2) is 22.2 Å². The zero-order valence-corrected chi connectivity index (χ0v) is 12.9. The van der Waals surface area contributed by atoms with Crippen molar-refractivity contribution in [3.05, 3.63) is 48.2 Å². The number of nitrogens with zero attached hydrogens (tertiary/aromatic N) is 1. The smallest absolute Gasteiger partial charge is 0.264 e. The maximum absolute atomic E-state index is 13.6. The van der Waals surface area contributed by atoms with Gasteiger partial charge < -0.3 is 9.47 Å². The van der Waals surface area contributed by atoms with Gasteiger partial charge in [0.2, 0.25) is 5.88 Å². The van der Waals surface area contributed by atoms with Gasteiger partial charge in [-0.05, 0) is 18.2 Å². The second-order valence-corrected chi connectivity index (χ2v) is 6.03. The van der Waals surface area contributed by atoms with Gasteiger partial charge in [0.05, 0.1) is 18.5 Å². The van der Waals surface area contributed by atoms with E-state index in [9.17, 15) is 17.2 Å². The fourth-order valence-corrected chi connectivity index (χ4v) is 2.79. The summed E-state index contributed by atoms with van der Waals surface area (Å²) in [5.74, 6) is -2.40. The molecule has 2 rings (SSSR count). The summed E-state index contributed by atoms with van der Waals surface area (Å²) < 4.78 is 63.1. The second-order valence-electron chi connectivity index (χ2n) is 4.38. The van der Waals surface area contributed by atoms with Crippen molar-refractivity contribution in [1.82, 2.24) is 4.98 Å². The fraction of sp³-hybridized carbons (Fsp3) is 0.214. The van der Waals surface area contributed by atoms with E-state index in [1.807, 2.05) is 0 Å². The summed E-state index contributed by atoms with van der Waals surface area (Å²) in [6.07, 6.45) is 1.21. The summed E-state index contributed by atoms with van der Waals surface area (Å²) in [6.45, 7) is 0.679. The molecular weight excluding hydrogens is 330 g/mol. The summed E-state index contributed by atoms with van der Waals surface area (Å²) in [5, 5.41) is 0. The highest BCUT2D eigenvalue weighted by atomic mass is 32.2. The van der Waals surface area contributed by atoms with Crippen molar-refractivity contribution in [1.29, 1.82) is 0 Å². The van der Waals surface area contributed by atoms with Crippen LogP contribution in [0.25, 0.3) is 0 Å². The van der Waals surface area contributed by atoms with Crippen molar-refractivity contribution in [2.24, 2.45) is 0 Å². The first-order chi connectivity index (χ1) is 10.9. The Morgan fingerprint density at radius 2 is 1.96 bits per heavy atom. The minimum atomic E-state index is -4.27. The number of nitrogens with one attached hydrogen (secondary N) is 1. The monoisotopic (exact) mass is 344 g/mol. The highest BCUT2D eigenvalue weighted by Crippen LogP contribution is 2.21. The number of pyridine rings is 1. The van der Waals surface area contributed by atoms with E-state index >= 15 is 0 Å². The predicted molar refractivity (Wildman–Crippen MR) is 78.8 cm³/mol. The first kappa shape index (κ1) is 17.1. The Balaban J connectivity index is 2.13. The Bertz CT molecular complexity index is 767. The molecule has 6 nitrogen and oxygen atoms in total. The normalized spacial score (nSPS) is 11.3. The summed E-state index contributed by atoms with van der Waals surface area (Å²) >= 11 is 0. The molecule has 0 saturated heterocycles. The minimum absolute atomic E-state index is 0.0905. The van der Waals surface area contributed by atoms with E-state index < -0.39 is 26.6 Å². The maximum atomic E-state index is 13.6. The van der Waals surface area contributed by atoms with Crippen molar-refractivity contribution in [2.45, 2.75) is 4.90 Å². The lowest BCUT2D eigenvalue weighted by Crippen LogP contribution is -2.15. The number of anilines is 1. The molecule has 0 aliphatic carbocycles. The van der Waals surface area contributed by atoms with E-state index in [0.717, 1.165) is 18.2 Å². The first-order valence-corrected chi connectivity index (χ1v) is 7.97. The zero-order valence-electron chi connectivity index (χ0n) is 12.1. The van der Waals surface area contributed by atoms with Gasteiger partial charge in [0.15, 0.2) is 11.6 Å². The number of methoxy groups -OCH3 is 1. The molecule has 9 heteroatoms. The summed E-state index contributed by atoms with van der Waals surface area (Å²) in [6, 6.07) is 5.75. The third kappa shape index (κ3) is 4.36. The van der Waals surface area contributed by atoms with E-state index in [4.69, 9.17) is 9.47 Å². The predicted octanol–water partition coefficient (Wildman–Crippen LogP) is 2.19. The molecule has 1 aromatic carbocycles. The van der Waals surface area contributed by atoms with Crippen molar-refractivity contribution >= 4 is 15.7 Å². The topological polar surface area (TPSA) is 77.5 Å². The van der Waals surface area contributed by atoms with Gasteiger partial charge in [0.1, 0.15) is 11.5 Å². The summed E-state index contributed by atoms with van der Waals surface area (Å²) in [4.78, 5) is 3.12. The first-order valence-electron chi connectivity index (χ1n) is 6.48. The fourth-order valence-electron chi connectivity index (χ4n) is 1.66. The number of hydrogen-bond acceptors (Lipinski definition) is 5. The Kier molecular flexibility index (Phi) is 5.45. The van der Waals surface area contributed by atoms with Crippen molar-refractivity contribution in [3.63, 3.8) is 0 Å². The van der Waals surface area contributed by atoms with Crippen molar-refractivity contribution in [3.8, 4) is 5.88 Å². The second kappa shape index (κ2) is 7.34. The minimum Gasteiger partial charge on any atom is -0.475 e. The molecule has 1 N–H and O–H groups in total. The van der Waals surface area contributed by atoms with Gasteiger partial charge in [-0.3, -0.25) is 4.72 Å². The molecule has 0 radical (unpaired) electrons. The van der Waals surface area contributed by atoms with Gasteiger partial charge in [-0.2, -0.15) is 0 Å². The zero-order chi connectivity index (χ0) is 16.9. The molecule has 0 amide bonds. The van der Waals surface area contributed by atoms with Crippen molar-refractivity contribution in [2.75, 3.05) is 25.0 Å². The van der Waals surface area contributed by atoms with Gasteiger partial charge >= 0.3 is 0 Å². The third-order valence-corrected chi connectivity index (χ3v) is 4.13. The van der Waals surface area contributed by atoms with E-state index in [1.165, 1.54) is 25.4 Å². The molecule has 1 aromatic heterocycles. The molecule has 23 heavy (non-hydrogen) atoms. The lowest BCUT2D eigenvalue weighted by Gasteiger charge is -2.10. The molecule has 0 saturated carbocycles. The van der Waals surface area contributed by atoms with Gasteiger partial charge in [-0.1, -0.05) is 6.07 Å². The lowest BCUT2D eigenvalue weighted by atomic mass is 10.3. The molecule has 0 bridgehead atoms. The highest BCUT2D eigenvalue weighted by molar-refractivity contribution is 7.92. The van der Waals surface area contributed by atoms with Crippen LogP contribution in [0.4, 0.5) is 14.5 Å². The molecule has 0 spiro atoms. The van der Waals surface area contributed by atoms with Crippen LogP contribution >= 0.6 is 0 Å². The maximum Gasteiger partial charge on any atom is 0.264 e. The number of benzene rings is 1. The molecule has 0 fully saturated rings. The Morgan fingerprint density at radius 1 is 1.17 bits per heavy atom. The number of aromatic nitrogens is 1. The van der Waals surface area contributed by atoms with Gasteiger partial charge in [0.25, 0.3) is 10.0 Å². The van der Waals surface area contributed by atoms with Gasteiger partial charge in [0, 0.05) is 13.2 Å². The number of hydrogen-bond donors (Lipinski definition) is 1. The number of ether oxygens (including phenoxy) is 2. The van der Waals surface area contributed by atoms with E-state index in [-0.39, 0.29) is 11.6 Å². The molecule has 0 aliphatic heterocycles. The molecule has 0 atom stereocenters. The van der Waals surface area contributed by atoms with Crippen LogP contribution in [-0.4, -0.2) is 33.7 Å². The molecule has 1 heterocycles. The molecule has 124 valence electrons. The SMILES string of the molecule is COCCOc1ccc(NS(=O)(=O)c2cccc(F)c2F)cn1. The average Bonchev–Trinajstić information content (AvgIpc) is 2.51. The number of rotatable bonds is 7. The van der Waals surface area contributed by atoms with Crippen LogP contribution in [0.3, 0.4) is 0 Å². The third-order valence-electron chi connectivity index (χ3n) is 2.73. The van der Waals surface area contributed by atoms with Crippen LogP contribution in [0, 0.1) is 11.6 Å². The Labute approximate surface area is 132 Å². The molecule has 2 aromatic rings.